The SMILES string of the molecule is CCC[C@H](O)Cc1cc(C)cc(Cl)c1. The Morgan fingerprint density at radius 2 is 2.07 bits per heavy atom. The molecular formula is C12H17ClO. The molecule has 1 nitrogen and oxygen atoms in total. The van der Waals surface area contributed by atoms with Gasteiger partial charge >= 0.3 is 0 Å². The first kappa shape index (κ1) is 11.5. The van der Waals surface area contributed by atoms with E-state index in [9.17, 15) is 5.11 Å². The summed E-state index contributed by atoms with van der Waals surface area (Å²) in [6.45, 7) is 4.09. The Kier molecular flexibility index (Phi) is 4.43. The minimum Gasteiger partial charge on any atom is -0.393 e. The van der Waals surface area contributed by atoms with Crippen LogP contribution in [0.25, 0.3) is 0 Å². The van der Waals surface area contributed by atoms with Gasteiger partial charge in [0.25, 0.3) is 0 Å². The molecule has 0 unspecified atom stereocenters. The maximum absolute atomic E-state index is 9.64. The van der Waals surface area contributed by atoms with Gasteiger partial charge in [0.2, 0.25) is 0 Å². The first-order valence-corrected chi connectivity index (χ1v) is 5.43. The highest BCUT2D eigenvalue weighted by molar-refractivity contribution is 6.30. The zero-order valence-electron chi connectivity index (χ0n) is 8.76. The Bertz CT molecular complexity index is 276. The van der Waals surface area contributed by atoms with Crippen molar-refractivity contribution in [1.29, 1.82) is 0 Å². The van der Waals surface area contributed by atoms with Gasteiger partial charge in [0.1, 0.15) is 0 Å². The first-order valence-electron chi connectivity index (χ1n) is 5.06. The van der Waals surface area contributed by atoms with Crippen molar-refractivity contribution in [3.05, 3.63) is 34.3 Å². The van der Waals surface area contributed by atoms with Gasteiger partial charge in [0.05, 0.1) is 6.10 Å². The van der Waals surface area contributed by atoms with E-state index in [1.807, 2.05) is 19.1 Å². The number of aliphatic hydroxyl groups is 1. The van der Waals surface area contributed by atoms with Crippen molar-refractivity contribution < 1.29 is 5.11 Å². The average molecular weight is 213 g/mol. The number of hydrogen-bond donors (Lipinski definition) is 1. The molecule has 1 aromatic carbocycles. The van der Waals surface area contributed by atoms with E-state index in [2.05, 4.69) is 13.0 Å². The Labute approximate surface area is 90.7 Å². The van der Waals surface area contributed by atoms with Crippen molar-refractivity contribution in [2.45, 2.75) is 39.2 Å². The van der Waals surface area contributed by atoms with E-state index in [4.69, 9.17) is 11.6 Å². The van der Waals surface area contributed by atoms with Gasteiger partial charge in [-0.2, -0.15) is 0 Å². The number of aryl methyl sites for hydroxylation is 1. The van der Waals surface area contributed by atoms with E-state index in [-0.39, 0.29) is 6.10 Å². The highest BCUT2D eigenvalue weighted by Gasteiger charge is 2.05. The third-order valence-corrected chi connectivity index (χ3v) is 2.41. The van der Waals surface area contributed by atoms with E-state index in [0.717, 1.165) is 29.0 Å². The summed E-state index contributed by atoms with van der Waals surface area (Å²) in [7, 11) is 0. The van der Waals surface area contributed by atoms with Crippen LogP contribution in [-0.2, 0) is 6.42 Å². The highest BCUT2D eigenvalue weighted by atomic mass is 35.5. The molecule has 1 aromatic rings. The molecule has 78 valence electrons. The standard InChI is InChI=1S/C12H17ClO/c1-3-4-12(14)8-10-5-9(2)6-11(13)7-10/h5-7,12,14H,3-4,8H2,1-2H3/t12-/m0/s1. The molecule has 1 N–H and O–H groups in total. The summed E-state index contributed by atoms with van der Waals surface area (Å²) in [5.41, 5.74) is 2.27. The molecule has 0 aliphatic heterocycles. The Morgan fingerprint density at radius 1 is 1.36 bits per heavy atom. The lowest BCUT2D eigenvalue weighted by Crippen LogP contribution is -2.09. The summed E-state index contributed by atoms with van der Waals surface area (Å²) in [5.74, 6) is 0. The van der Waals surface area contributed by atoms with Crippen molar-refractivity contribution >= 4 is 11.6 Å². The van der Waals surface area contributed by atoms with E-state index >= 15 is 0 Å². The van der Waals surface area contributed by atoms with E-state index < -0.39 is 0 Å². The quantitative estimate of drug-likeness (QED) is 0.812. The molecule has 0 fully saturated rings. The van der Waals surface area contributed by atoms with Crippen LogP contribution in [0.15, 0.2) is 18.2 Å². The topological polar surface area (TPSA) is 20.2 Å². The summed E-state index contributed by atoms with van der Waals surface area (Å²) in [4.78, 5) is 0. The molecule has 0 heterocycles. The number of rotatable bonds is 4. The van der Waals surface area contributed by atoms with Gasteiger partial charge in [0.15, 0.2) is 0 Å². The van der Waals surface area contributed by atoms with Gasteiger partial charge in [-0.15, -0.1) is 0 Å². The lowest BCUT2D eigenvalue weighted by atomic mass is 10.0. The number of benzene rings is 1. The minimum absolute atomic E-state index is 0.238. The predicted octanol–water partition coefficient (Wildman–Crippen LogP) is 3.35. The van der Waals surface area contributed by atoms with Crippen molar-refractivity contribution in [1.82, 2.24) is 0 Å². The van der Waals surface area contributed by atoms with Crippen molar-refractivity contribution in [3.63, 3.8) is 0 Å². The van der Waals surface area contributed by atoms with Crippen LogP contribution in [0.2, 0.25) is 5.02 Å². The molecule has 0 amide bonds. The molecule has 1 rings (SSSR count). The van der Waals surface area contributed by atoms with Crippen molar-refractivity contribution in [2.24, 2.45) is 0 Å². The molecule has 0 spiro atoms. The van der Waals surface area contributed by atoms with Gasteiger partial charge in [-0.25, -0.2) is 0 Å². The second-order valence-corrected chi connectivity index (χ2v) is 4.22. The van der Waals surface area contributed by atoms with E-state index in [0.29, 0.717) is 6.42 Å². The van der Waals surface area contributed by atoms with Gasteiger partial charge in [0, 0.05) is 5.02 Å². The zero-order valence-corrected chi connectivity index (χ0v) is 9.51. The molecule has 0 aliphatic rings. The molecule has 2 heteroatoms. The number of aliphatic hydroxyl groups excluding tert-OH is 1. The molecule has 14 heavy (non-hydrogen) atoms. The van der Waals surface area contributed by atoms with Gasteiger partial charge < -0.3 is 5.11 Å². The molecular weight excluding hydrogens is 196 g/mol. The normalized spacial score (nSPS) is 12.9. The second-order valence-electron chi connectivity index (χ2n) is 3.78. The molecule has 0 saturated carbocycles. The van der Waals surface area contributed by atoms with E-state index in [1.165, 1.54) is 0 Å². The number of hydrogen-bond acceptors (Lipinski definition) is 1. The Balaban J connectivity index is 2.66. The van der Waals surface area contributed by atoms with Crippen LogP contribution in [0.4, 0.5) is 0 Å². The molecule has 0 saturated heterocycles. The first-order chi connectivity index (χ1) is 6.61. The summed E-state index contributed by atoms with van der Waals surface area (Å²) < 4.78 is 0. The van der Waals surface area contributed by atoms with Crippen LogP contribution in [0, 0.1) is 6.92 Å². The number of halogens is 1. The molecule has 1 atom stereocenters. The van der Waals surface area contributed by atoms with Gasteiger partial charge in [-0.05, 0) is 43.0 Å². The van der Waals surface area contributed by atoms with Crippen molar-refractivity contribution in [3.8, 4) is 0 Å². The second kappa shape index (κ2) is 5.38. The lowest BCUT2D eigenvalue weighted by molar-refractivity contribution is 0.164. The maximum atomic E-state index is 9.64. The summed E-state index contributed by atoms with van der Waals surface area (Å²) in [6.07, 6.45) is 2.33. The predicted molar refractivity (Wildman–Crippen MR) is 60.8 cm³/mol. The Morgan fingerprint density at radius 3 is 2.64 bits per heavy atom. The molecule has 0 bridgehead atoms. The average Bonchev–Trinajstić information content (AvgIpc) is 2.01. The van der Waals surface area contributed by atoms with Gasteiger partial charge in [-0.3, -0.25) is 0 Å². The monoisotopic (exact) mass is 212 g/mol. The largest absolute Gasteiger partial charge is 0.393 e. The van der Waals surface area contributed by atoms with Gasteiger partial charge in [-0.1, -0.05) is 31.0 Å². The summed E-state index contributed by atoms with van der Waals surface area (Å²) >= 11 is 5.93. The van der Waals surface area contributed by atoms with Crippen LogP contribution >= 0.6 is 11.6 Å². The fourth-order valence-corrected chi connectivity index (χ4v) is 1.95. The van der Waals surface area contributed by atoms with Crippen LogP contribution in [-0.4, -0.2) is 11.2 Å². The molecule has 0 radical (unpaired) electrons. The maximum Gasteiger partial charge on any atom is 0.0580 e. The van der Waals surface area contributed by atoms with Crippen LogP contribution in [0.1, 0.15) is 30.9 Å². The lowest BCUT2D eigenvalue weighted by Gasteiger charge is -2.10. The third kappa shape index (κ3) is 3.69. The Hall–Kier alpha value is -0.530. The smallest absolute Gasteiger partial charge is 0.0580 e. The summed E-state index contributed by atoms with van der Waals surface area (Å²) in [6, 6.07) is 5.93. The fourth-order valence-electron chi connectivity index (χ4n) is 1.64. The van der Waals surface area contributed by atoms with Crippen LogP contribution < -0.4 is 0 Å². The summed E-state index contributed by atoms with van der Waals surface area (Å²) in [5, 5.41) is 10.4. The van der Waals surface area contributed by atoms with E-state index in [1.54, 1.807) is 0 Å². The fraction of sp³-hybridized carbons (Fsp3) is 0.500. The highest BCUT2D eigenvalue weighted by Crippen LogP contribution is 2.16. The molecule has 0 aliphatic carbocycles. The molecule has 0 aromatic heterocycles. The third-order valence-electron chi connectivity index (χ3n) is 2.20. The van der Waals surface area contributed by atoms with Crippen LogP contribution in [0.5, 0.6) is 0 Å². The van der Waals surface area contributed by atoms with Crippen LogP contribution in [0.3, 0.4) is 0 Å². The van der Waals surface area contributed by atoms with Crippen molar-refractivity contribution in [2.75, 3.05) is 0 Å². The minimum atomic E-state index is -0.238. The zero-order chi connectivity index (χ0) is 10.6.